The second kappa shape index (κ2) is 6.39. The van der Waals surface area contributed by atoms with E-state index in [9.17, 15) is 13.2 Å². The van der Waals surface area contributed by atoms with Crippen LogP contribution in [0.5, 0.6) is 0 Å². The Morgan fingerprint density at radius 2 is 2.00 bits per heavy atom. The number of nitrogen functional groups attached to an aromatic ring is 1. The molecule has 4 N–H and O–H groups in total. The predicted molar refractivity (Wildman–Crippen MR) is 70.2 cm³/mol. The highest BCUT2D eigenvalue weighted by atomic mass is 19.4. The molecule has 0 saturated heterocycles. The Balaban J connectivity index is 1.95. The second-order valence-electron chi connectivity index (χ2n) is 4.18. The molecule has 2 aromatic rings. The number of anilines is 2. The maximum atomic E-state index is 12.6. The molecule has 0 aliphatic rings. The first kappa shape index (κ1) is 15.0. The molecule has 7 nitrogen and oxygen atoms in total. The molecule has 2 rings (SSSR count). The number of alkyl halides is 3. The van der Waals surface area contributed by atoms with Crippen molar-refractivity contribution in [1.82, 2.24) is 19.5 Å². The van der Waals surface area contributed by atoms with Crippen LogP contribution in [0.2, 0.25) is 0 Å². The van der Waals surface area contributed by atoms with Crippen molar-refractivity contribution in [2.45, 2.75) is 19.1 Å². The van der Waals surface area contributed by atoms with Crippen molar-refractivity contribution in [2.75, 3.05) is 17.3 Å². The standard InChI is InChI=1S/C11H14F3N7/c12-11(13,14)10-18-8(6-9(19-10)20-15)17-2-1-4-21-5-3-16-7-21/h3,5-7H,1-2,4,15H2,(H2,17,18,19,20). The van der Waals surface area contributed by atoms with Crippen molar-refractivity contribution in [1.29, 1.82) is 0 Å². The first-order valence-corrected chi connectivity index (χ1v) is 6.11. The van der Waals surface area contributed by atoms with Gasteiger partial charge in [-0.2, -0.15) is 13.2 Å². The van der Waals surface area contributed by atoms with Crippen LogP contribution in [0.25, 0.3) is 0 Å². The highest BCUT2D eigenvalue weighted by Crippen LogP contribution is 2.28. The van der Waals surface area contributed by atoms with E-state index in [4.69, 9.17) is 5.84 Å². The van der Waals surface area contributed by atoms with Crippen LogP contribution in [-0.4, -0.2) is 26.1 Å². The third kappa shape index (κ3) is 4.31. The van der Waals surface area contributed by atoms with Crippen LogP contribution < -0.4 is 16.6 Å². The lowest BCUT2D eigenvalue weighted by atomic mass is 10.4. The van der Waals surface area contributed by atoms with Gasteiger partial charge in [-0.3, -0.25) is 0 Å². The summed E-state index contributed by atoms with van der Waals surface area (Å²) in [6.07, 6.45) is 1.21. The molecule has 0 aromatic carbocycles. The summed E-state index contributed by atoms with van der Waals surface area (Å²) < 4.78 is 39.8. The van der Waals surface area contributed by atoms with E-state index in [1.54, 1.807) is 12.5 Å². The fourth-order valence-corrected chi connectivity index (χ4v) is 1.64. The van der Waals surface area contributed by atoms with E-state index >= 15 is 0 Å². The smallest absolute Gasteiger partial charge is 0.370 e. The van der Waals surface area contributed by atoms with Gasteiger partial charge in [-0.15, -0.1) is 0 Å². The number of hydrazine groups is 1. The van der Waals surface area contributed by atoms with Crippen molar-refractivity contribution >= 4 is 11.6 Å². The average molecular weight is 301 g/mol. The Morgan fingerprint density at radius 1 is 1.24 bits per heavy atom. The van der Waals surface area contributed by atoms with Gasteiger partial charge in [-0.1, -0.05) is 0 Å². The molecule has 2 heterocycles. The van der Waals surface area contributed by atoms with Gasteiger partial charge in [0, 0.05) is 31.5 Å². The molecular weight excluding hydrogens is 287 g/mol. The number of nitrogens with two attached hydrogens (primary N) is 1. The molecule has 0 fully saturated rings. The van der Waals surface area contributed by atoms with Crippen molar-refractivity contribution in [3.05, 3.63) is 30.6 Å². The highest BCUT2D eigenvalue weighted by Gasteiger charge is 2.35. The van der Waals surface area contributed by atoms with Gasteiger partial charge in [0.2, 0.25) is 5.82 Å². The zero-order valence-corrected chi connectivity index (χ0v) is 10.9. The van der Waals surface area contributed by atoms with Crippen LogP contribution >= 0.6 is 0 Å². The summed E-state index contributed by atoms with van der Waals surface area (Å²) in [4.78, 5) is 10.6. The Kier molecular flexibility index (Phi) is 4.58. The first-order chi connectivity index (χ1) is 9.99. The number of imidazole rings is 1. The summed E-state index contributed by atoms with van der Waals surface area (Å²) >= 11 is 0. The van der Waals surface area contributed by atoms with E-state index in [0.29, 0.717) is 19.5 Å². The minimum Gasteiger partial charge on any atom is -0.370 e. The normalized spacial score (nSPS) is 11.4. The molecule has 0 aliphatic heterocycles. The van der Waals surface area contributed by atoms with Gasteiger partial charge in [0.15, 0.2) is 0 Å². The van der Waals surface area contributed by atoms with Gasteiger partial charge < -0.3 is 15.3 Å². The summed E-state index contributed by atoms with van der Waals surface area (Å²) in [6.45, 7) is 1.16. The molecule has 0 unspecified atom stereocenters. The summed E-state index contributed by atoms with van der Waals surface area (Å²) in [7, 11) is 0. The maximum absolute atomic E-state index is 12.6. The SMILES string of the molecule is NNc1cc(NCCCn2ccnc2)nc(C(F)(F)F)n1. The molecular formula is C11H14F3N7. The number of halogens is 3. The van der Waals surface area contributed by atoms with Gasteiger partial charge in [0.1, 0.15) is 11.6 Å². The van der Waals surface area contributed by atoms with E-state index < -0.39 is 12.0 Å². The third-order valence-corrected chi connectivity index (χ3v) is 2.59. The topological polar surface area (TPSA) is 93.7 Å². The van der Waals surface area contributed by atoms with Crippen molar-refractivity contribution in [3.8, 4) is 0 Å². The van der Waals surface area contributed by atoms with E-state index in [1.165, 1.54) is 6.07 Å². The van der Waals surface area contributed by atoms with Gasteiger partial charge >= 0.3 is 6.18 Å². The van der Waals surface area contributed by atoms with Gasteiger partial charge in [0.25, 0.3) is 0 Å². The Bertz CT molecular complexity index is 568. The molecule has 0 amide bonds. The number of aromatic nitrogens is 4. The fraction of sp³-hybridized carbons (Fsp3) is 0.364. The predicted octanol–water partition coefficient (Wildman–Crippen LogP) is 1.48. The molecule has 0 aliphatic carbocycles. The van der Waals surface area contributed by atoms with Crippen LogP contribution in [0.1, 0.15) is 12.2 Å². The Hall–Kier alpha value is -2.36. The molecule has 0 saturated carbocycles. The van der Waals surface area contributed by atoms with Crippen LogP contribution in [0.15, 0.2) is 24.8 Å². The number of hydrogen-bond donors (Lipinski definition) is 3. The molecule has 0 bridgehead atoms. The molecule has 0 spiro atoms. The summed E-state index contributed by atoms with van der Waals surface area (Å²) in [5.74, 6) is 3.83. The lowest BCUT2D eigenvalue weighted by Gasteiger charge is -2.11. The zero-order valence-electron chi connectivity index (χ0n) is 10.9. The second-order valence-corrected chi connectivity index (χ2v) is 4.18. The molecule has 2 aromatic heterocycles. The molecule has 0 atom stereocenters. The number of hydrogen-bond acceptors (Lipinski definition) is 6. The lowest BCUT2D eigenvalue weighted by molar-refractivity contribution is -0.144. The minimum atomic E-state index is -4.62. The minimum absolute atomic E-state index is 0.0657. The zero-order chi connectivity index (χ0) is 15.3. The fourth-order valence-electron chi connectivity index (χ4n) is 1.64. The summed E-state index contributed by atoms with van der Waals surface area (Å²) in [5, 5.41) is 2.81. The van der Waals surface area contributed by atoms with Crippen molar-refractivity contribution in [3.63, 3.8) is 0 Å². The van der Waals surface area contributed by atoms with Crippen molar-refractivity contribution < 1.29 is 13.2 Å². The first-order valence-electron chi connectivity index (χ1n) is 6.11. The van der Waals surface area contributed by atoms with Crippen LogP contribution in [0, 0.1) is 0 Å². The van der Waals surface area contributed by atoms with Crippen LogP contribution in [-0.2, 0) is 12.7 Å². The third-order valence-electron chi connectivity index (χ3n) is 2.59. The molecule has 0 radical (unpaired) electrons. The van der Waals surface area contributed by atoms with E-state index in [2.05, 4.69) is 25.7 Å². The highest BCUT2D eigenvalue weighted by molar-refractivity contribution is 5.47. The molecule has 114 valence electrons. The summed E-state index contributed by atoms with van der Waals surface area (Å²) in [5.41, 5.74) is 2.09. The summed E-state index contributed by atoms with van der Waals surface area (Å²) in [6, 6.07) is 1.31. The van der Waals surface area contributed by atoms with Gasteiger partial charge in [-0.05, 0) is 6.42 Å². The van der Waals surface area contributed by atoms with Crippen LogP contribution in [0.4, 0.5) is 24.8 Å². The molecule has 21 heavy (non-hydrogen) atoms. The van der Waals surface area contributed by atoms with Crippen LogP contribution in [0.3, 0.4) is 0 Å². The Labute approximate surface area is 118 Å². The van der Waals surface area contributed by atoms with Crippen molar-refractivity contribution in [2.24, 2.45) is 5.84 Å². The maximum Gasteiger partial charge on any atom is 0.451 e. The number of rotatable bonds is 6. The molecule has 10 heteroatoms. The average Bonchev–Trinajstić information content (AvgIpc) is 2.95. The van der Waals surface area contributed by atoms with E-state index in [-0.39, 0.29) is 11.6 Å². The lowest BCUT2D eigenvalue weighted by Crippen LogP contribution is -2.17. The van der Waals surface area contributed by atoms with E-state index in [1.807, 2.05) is 10.8 Å². The van der Waals surface area contributed by atoms with Gasteiger partial charge in [-0.25, -0.2) is 20.8 Å². The quantitative estimate of drug-likeness (QED) is 0.425. The monoisotopic (exact) mass is 301 g/mol. The van der Waals surface area contributed by atoms with E-state index in [0.717, 1.165) is 0 Å². The number of aryl methyl sites for hydroxylation is 1. The number of nitrogens with zero attached hydrogens (tertiary/aromatic N) is 4. The number of nitrogens with one attached hydrogen (secondary N) is 2. The largest absolute Gasteiger partial charge is 0.451 e. The Morgan fingerprint density at radius 3 is 2.62 bits per heavy atom. The van der Waals surface area contributed by atoms with Gasteiger partial charge in [0.05, 0.1) is 6.33 Å².